The summed E-state index contributed by atoms with van der Waals surface area (Å²) < 4.78 is 0. The van der Waals surface area contributed by atoms with Crippen molar-refractivity contribution in [2.24, 2.45) is 5.41 Å². The fraction of sp³-hybridized carbons (Fsp3) is 0.467. The molecule has 0 radical (unpaired) electrons. The highest BCUT2D eigenvalue weighted by molar-refractivity contribution is 5.96. The summed E-state index contributed by atoms with van der Waals surface area (Å²) in [5, 5.41) is 8.92. The van der Waals surface area contributed by atoms with Gasteiger partial charge in [-0.1, -0.05) is 0 Å². The number of rotatable bonds is 3. The third-order valence-electron chi connectivity index (χ3n) is 3.71. The molecule has 1 fully saturated rings. The first kappa shape index (κ1) is 14.5. The second-order valence-electron chi connectivity index (χ2n) is 5.65. The molecule has 0 spiro atoms. The van der Waals surface area contributed by atoms with Crippen LogP contribution in [0.4, 0.5) is 11.4 Å². The van der Waals surface area contributed by atoms with E-state index >= 15 is 0 Å². The van der Waals surface area contributed by atoms with Crippen molar-refractivity contribution in [1.29, 1.82) is 0 Å². The number of carbonyl (C=O) groups excluding carboxylic acids is 2. The summed E-state index contributed by atoms with van der Waals surface area (Å²) in [5.74, 6) is -0.0661. The van der Waals surface area contributed by atoms with Crippen LogP contribution in [0, 0.1) is 12.3 Å². The first-order valence-electron chi connectivity index (χ1n) is 6.81. The summed E-state index contributed by atoms with van der Waals surface area (Å²) in [7, 11) is 0. The van der Waals surface area contributed by atoms with E-state index in [9.17, 15) is 9.59 Å². The fourth-order valence-corrected chi connectivity index (χ4v) is 2.36. The molecule has 1 aliphatic rings. The van der Waals surface area contributed by atoms with Crippen LogP contribution < -0.4 is 16.0 Å². The Bertz CT molecular complexity index is 534. The van der Waals surface area contributed by atoms with Crippen LogP contribution in [-0.4, -0.2) is 24.9 Å². The van der Waals surface area contributed by atoms with Crippen molar-refractivity contribution < 1.29 is 9.59 Å². The smallest absolute Gasteiger partial charge is 0.231 e. The molecule has 108 valence electrons. The zero-order chi connectivity index (χ0) is 14.8. The molecule has 0 aromatic heterocycles. The molecule has 20 heavy (non-hydrogen) atoms. The molecule has 3 N–H and O–H groups in total. The number of nitrogens with one attached hydrogen (secondary N) is 3. The standard InChI is InChI=1S/C15H21N3O2/c1-10-8-12(4-5-13(10)17-11(2)19)18-14(20)15(3)6-7-16-9-15/h4-5,8,16H,6-7,9H2,1-3H3,(H,17,19)(H,18,20). The van der Waals surface area contributed by atoms with Crippen molar-refractivity contribution in [3.05, 3.63) is 23.8 Å². The number of carbonyl (C=O) groups is 2. The van der Waals surface area contributed by atoms with Crippen molar-refractivity contribution in [1.82, 2.24) is 5.32 Å². The lowest BCUT2D eigenvalue weighted by Gasteiger charge is -2.21. The Labute approximate surface area is 119 Å². The first-order valence-corrected chi connectivity index (χ1v) is 6.81. The van der Waals surface area contributed by atoms with Crippen LogP contribution in [0.1, 0.15) is 25.8 Å². The van der Waals surface area contributed by atoms with E-state index in [0.717, 1.165) is 29.9 Å². The minimum atomic E-state index is -0.343. The van der Waals surface area contributed by atoms with Crippen molar-refractivity contribution in [2.45, 2.75) is 27.2 Å². The fourth-order valence-electron chi connectivity index (χ4n) is 2.36. The molecule has 5 nitrogen and oxygen atoms in total. The van der Waals surface area contributed by atoms with E-state index in [4.69, 9.17) is 0 Å². The van der Waals surface area contributed by atoms with E-state index in [-0.39, 0.29) is 17.2 Å². The van der Waals surface area contributed by atoms with Gasteiger partial charge in [-0.05, 0) is 50.6 Å². The predicted octanol–water partition coefficient (Wildman–Crippen LogP) is 1.89. The SMILES string of the molecule is CC(=O)Nc1ccc(NC(=O)C2(C)CCNC2)cc1C. The maximum Gasteiger partial charge on any atom is 0.231 e. The van der Waals surface area contributed by atoms with Gasteiger partial charge in [0.05, 0.1) is 5.41 Å². The third-order valence-corrected chi connectivity index (χ3v) is 3.71. The largest absolute Gasteiger partial charge is 0.326 e. The molecule has 1 aromatic rings. The van der Waals surface area contributed by atoms with Crippen molar-refractivity contribution >= 4 is 23.2 Å². The first-order chi connectivity index (χ1) is 9.40. The molecular weight excluding hydrogens is 254 g/mol. The van der Waals surface area contributed by atoms with Gasteiger partial charge >= 0.3 is 0 Å². The van der Waals surface area contributed by atoms with Crippen LogP contribution in [0.15, 0.2) is 18.2 Å². The third kappa shape index (κ3) is 3.17. The Morgan fingerprint density at radius 1 is 1.30 bits per heavy atom. The number of aryl methyl sites for hydroxylation is 1. The van der Waals surface area contributed by atoms with Crippen LogP contribution in [0.25, 0.3) is 0 Å². The molecule has 2 rings (SSSR count). The summed E-state index contributed by atoms with van der Waals surface area (Å²) in [6.45, 7) is 6.94. The van der Waals surface area contributed by atoms with E-state index in [1.165, 1.54) is 6.92 Å². The van der Waals surface area contributed by atoms with Crippen LogP contribution in [-0.2, 0) is 9.59 Å². The second-order valence-corrected chi connectivity index (χ2v) is 5.65. The Balaban J connectivity index is 2.08. The van der Waals surface area contributed by atoms with E-state index in [1.54, 1.807) is 0 Å². The Hall–Kier alpha value is -1.88. The minimum Gasteiger partial charge on any atom is -0.326 e. The highest BCUT2D eigenvalue weighted by Gasteiger charge is 2.36. The summed E-state index contributed by atoms with van der Waals surface area (Å²) in [4.78, 5) is 23.3. The molecule has 1 aliphatic heterocycles. The quantitative estimate of drug-likeness (QED) is 0.789. The molecule has 1 heterocycles. The van der Waals surface area contributed by atoms with Gasteiger partial charge in [0.2, 0.25) is 11.8 Å². The van der Waals surface area contributed by atoms with Gasteiger partial charge in [0.15, 0.2) is 0 Å². The molecule has 1 saturated heterocycles. The highest BCUT2D eigenvalue weighted by atomic mass is 16.2. The van der Waals surface area contributed by atoms with E-state index in [2.05, 4.69) is 16.0 Å². The maximum atomic E-state index is 12.3. The summed E-state index contributed by atoms with van der Waals surface area (Å²) >= 11 is 0. The normalized spacial score (nSPS) is 21.6. The Morgan fingerprint density at radius 3 is 2.60 bits per heavy atom. The van der Waals surface area contributed by atoms with Gasteiger partial charge in [-0.2, -0.15) is 0 Å². The Kier molecular flexibility index (Phi) is 4.09. The summed E-state index contributed by atoms with van der Waals surface area (Å²) in [5.41, 5.74) is 2.11. The molecule has 0 bridgehead atoms. The zero-order valence-electron chi connectivity index (χ0n) is 12.2. The average Bonchev–Trinajstić information content (AvgIpc) is 2.81. The molecule has 1 atom stereocenters. The summed E-state index contributed by atoms with van der Waals surface area (Å²) in [6.07, 6.45) is 0.849. The number of amides is 2. The number of hydrogen-bond donors (Lipinski definition) is 3. The van der Waals surface area contributed by atoms with Gasteiger partial charge in [0.1, 0.15) is 0 Å². The van der Waals surface area contributed by atoms with Crippen LogP contribution >= 0.6 is 0 Å². The summed E-state index contributed by atoms with van der Waals surface area (Å²) in [6, 6.07) is 5.48. The van der Waals surface area contributed by atoms with E-state index < -0.39 is 0 Å². The minimum absolute atomic E-state index is 0.0363. The average molecular weight is 275 g/mol. The molecule has 0 saturated carbocycles. The number of anilines is 2. The van der Waals surface area contributed by atoms with E-state index in [1.807, 2.05) is 32.0 Å². The monoisotopic (exact) mass is 275 g/mol. The topological polar surface area (TPSA) is 70.2 Å². The molecule has 0 aliphatic carbocycles. The van der Waals surface area contributed by atoms with Gasteiger partial charge < -0.3 is 16.0 Å². The number of benzene rings is 1. The zero-order valence-corrected chi connectivity index (χ0v) is 12.2. The number of hydrogen-bond acceptors (Lipinski definition) is 3. The lowest BCUT2D eigenvalue weighted by Crippen LogP contribution is -2.35. The van der Waals surface area contributed by atoms with Crippen LogP contribution in [0.2, 0.25) is 0 Å². The molecule has 2 amide bonds. The van der Waals surface area contributed by atoms with Crippen molar-refractivity contribution in [3.63, 3.8) is 0 Å². The lowest BCUT2D eigenvalue weighted by atomic mass is 9.88. The second kappa shape index (κ2) is 5.63. The van der Waals surface area contributed by atoms with Gasteiger partial charge in [-0.3, -0.25) is 9.59 Å². The van der Waals surface area contributed by atoms with Crippen LogP contribution in [0.3, 0.4) is 0 Å². The van der Waals surface area contributed by atoms with Crippen molar-refractivity contribution in [2.75, 3.05) is 23.7 Å². The molecule has 1 aromatic carbocycles. The van der Waals surface area contributed by atoms with E-state index in [0.29, 0.717) is 6.54 Å². The van der Waals surface area contributed by atoms with Gasteiger partial charge in [0.25, 0.3) is 0 Å². The molecule has 1 unspecified atom stereocenters. The van der Waals surface area contributed by atoms with Gasteiger partial charge in [0, 0.05) is 24.8 Å². The maximum absolute atomic E-state index is 12.3. The Morgan fingerprint density at radius 2 is 2.05 bits per heavy atom. The van der Waals surface area contributed by atoms with Gasteiger partial charge in [-0.25, -0.2) is 0 Å². The lowest BCUT2D eigenvalue weighted by molar-refractivity contribution is -0.123. The van der Waals surface area contributed by atoms with Crippen molar-refractivity contribution in [3.8, 4) is 0 Å². The highest BCUT2D eigenvalue weighted by Crippen LogP contribution is 2.27. The van der Waals surface area contributed by atoms with Crippen LogP contribution in [0.5, 0.6) is 0 Å². The predicted molar refractivity (Wildman–Crippen MR) is 79.7 cm³/mol. The molecule has 5 heteroatoms. The van der Waals surface area contributed by atoms with Gasteiger partial charge in [-0.15, -0.1) is 0 Å². The molecular formula is C15H21N3O2.